The van der Waals surface area contributed by atoms with Crippen molar-refractivity contribution < 1.29 is 29.3 Å². The van der Waals surface area contributed by atoms with Gasteiger partial charge in [-0.15, -0.1) is 0 Å². The van der Waals surface area contributed by atoms with Crippen molar-refractivity contribution in [1.29, 1.82) is 0 Å². The number of hydrogen-bond acceptors (Lipinski definition) is 6. The molecule has 2 N–H and O–H groups in total. The highest BCUT2D eigenvalue weighted by molar-refractivity contribution is 5.69. The predicted molar refractivity (Wildman–Crippen MR) is 123 cm³/mol. The van der Waals surface area contributed by atoms with E-state index in [4.69, 9.17) is 14.6 Å². The van der Waals surface area contributed by atoms with E-state index in [1.165, 1.54) is 45.4 Å². The van der Waals surface area contributed by atoms with Crippen LogP contribution in [0.1, 0.15) is 84.5 Å². The first-order valence-corrected chi connectivity index (χ1v) is 11.6. The minimum absolute atomic E-state index is 0.126. The molecule has 0 aromatic carbocycles. The van der Waals surface area contributed by atoms with Crippen LogP contribution in [0, 0.1) is 0 Å². The maximum atomic E-state index is 11.7. The quantitative estimate of drug-likeness (QED) is 0.130. The minimum atomic E-state index is -0.855. The Labute approximate surface area is 188 Å². The molecule has 0 fully saturated rings. The first-order chi connectivity index (χ1) is 15.0. The molecule has 31 heavy (non-hydrogen) atoms. The van der Waals surface area contributed by atoms with Gasteiger partial charge in [0.15, 0.2) is 6.10 Å². The van der Waals surface area contributed by atoms with Gasteiger partial charge in [-0.3, -0.25) is 9.59 Å². The minimum Gasteiger partial charge on any atom is -0.462 e. The van der Waals surface area contributed by atoms with Crippen molar-refractivity contribution >= 4 is 11.9 Å². The molecule has 1 unspecified atom stereocenters. The molecule has 0 saturated heterocycles. The van der Waals surface area contributed by atoms with E-state index in [1.54, 1.807) is 6.08 Å². The number of rotatable bonds is 19. The smallest absolute Gasteiger partial charge is 0.306 e. The van der Waals surface area contributed by atoms with Gasteiger partial charge in [0.25, 0.3) is 0 Å². The summed E-state index contributed by atoms with van der Waals surface area (Å²) in [6, 6.07) is 0. The van der Waals surface area contributed by atoms with E-state index < -0.39 is 30.8 Å². The zero-order chi connectivity index (χ0) is 23.2. The Morgan fingerprint density at radius 1 is 0.968 bits per heavy atom. The van der Waals surface area contributed by atoms with Gasteiger partial charge < -0.3 is 19.7 Å². The summed E-state index contributed by atoms with van der Waals surface area (Å²) in [5.41, 5.74) is 0. The third-order valence-electron chi connectivity index (χ3n) is 4.60. The maximum absolute atomic E-state index is 11.7. The van der Waals surface area contributed by atoms with Crippen molar-refractivity contribution in [3.63, 3.8) is 0 Å². The van der Waals surface area contributed by atoms with Crippen LogP contribution >= 0.6 is 0 Å². The van der Waals surface area contributed by atoms with E-state index in [0.29, 0.717) is 12.8 Å². The second kappa shape index (κ2) is 21.3. The van der Waals surface area contributed by atoms with Crippen molar-refractivity contribution in [3.05, 3.63) is 36.5 Å². The molecule has 0 rings (SSSR count). The van der Waals surface area contributed by atoms with Gasteiger partial charge in [-0.2, -0.15) is 0 Å². The average molecular weight is 439 g/mol. The molecular weight excluding hydrogens is 396 g/mol. The molecule has 0 aromatic heterocycles. The summed E-state index contributed by atoms with van der Waals surface area (Å²) in [5.74, 6) is -0.988. The lowest BCUT2D eigenvalue weighted by molar-refractivity contribution is -0.160. The molecule has 6 heteroatoms. The van der Waals surface area contributed by atoms with Crippen LogP contribution in [0.2, 0.25) is 0 Å². The average Bonchev–Trinajstić information content (AvgIpc) is 2.74. The number of ether oxygens (including phenoxy) is 2. The first-order valence-electron chi connectivity index (χ1n) is 11.6. The van der Waals surface area contributed by atoms with Gasteiger partial charge in [0.05, 0.1) is 12.7 Å². The summed E-state index contributed by atoms with van der Waals surface area (Å²) in [7, 11) is 0. The third kappa shape index (κ3) is 21.1. The summed E-state index contributed by atoms with van der Waals surface area (Å²) in [5, 5.41) is 19.1. The fourth-order valence-electron chi connectivity index (χ4n) is 2.82. The second-order valence-electron chi connectivity index (χ2n) is 7.63. The molecular formula is C25H42O6. The van der Waals surface area contributed by atoms with Gasteiger partial charge in [0, 0.05) is 13.3 Å². The van der Waals surface area contributed by atoms with Crippen LogP contribution in [0.15, 0.2) is 36.5 Å². The van der Waals surface area contributed by atoms with Crippen LogP contribution < -0.4 is 0 Å². The summed E-state index contributed by atoms with van der Waals surface area (Å²) in [6.45, 7) is 2.90. The van der Waals surface area contributed by atoms with Crippen molar-refractivity contribution in [3.8, 4) is 0 Å². The number of esters is 2. The molecule has 0 aliphatic rings. The molecule has 178 valence electrons. The van der Waals surface area contributed by atoms with Crippen molar-refractivity contribution in [2.75, 3.05) is 13.2 Å². The zero-order valence-electron chi connectivity index (χ0n) is 19.3. The molecule has 0 radical (unpaired) electrons. The van der Waals surface area contributed by atoms with E-state index in [2.05, 4.69) is 19.1 Å². The highest BCUT2D eigenvalue weighted by Gasteiger charge is 2.15. The Hall–Kier alpha value is -1.92. The molecule has 0 spiro atoms. The van der Waals surface area contributed by atoms with E-state index in [-0.39, 0.29) is 13.0 Å². The van der Waals surface area contributed by atoms with Gasteiger partial charge in [0.2, 0.25) is 0 Å². The van der Waals surface area contributed by atoms with Crippen LogP contribution in [0.25, 0.3) is 0 Å². The van der Waals surface area contributed by atoms with Crippen LogP contribution in [-0.4, -0.2) is 47.6 Å². The molecule has 0 aliphatic carbocycles. The van der Waals surface area contributed by atoms with Crippen LogP contribution in [0.5, 0.6) is 0 Å². The molecule has 0 bridgehead atoms. The molecule has 0 aromatic rings. The van der Waals surface area contributed by atoms with Gasteiger partial charge >= 0.3 is 11.9 Å². The van der Waals surface area contributed by atoms with Crippen molar-refractivity contribution in [2.24, 2.45) is 0 Å². The van der Waals surface area contributed by atoms with Crippen LogP contribution in [0.4, 0.5) is 0 Å². The Balaban J connectivity index is 3.78. The fourth-order valence-corrected chi connectivity index (χ4v) is 2.82. The summed E-state index contributed by atoms with van der Waals surface area (Å²) < 4.78 is 9.75. The van der Waals surface area contributed by atoms with Crippen molar-refractivity contribution in [1.82, 2.24) is 0 Å². The number of hydrogen-bond donors (Lipinski definition) is 2. The molecule has 0 aliphatic heterocycles. The number of allylic oxidation sites excluding steroid dienone is 5. The van der Waals surface area contributed by atoms with Gasteiger partial charge in [-0.05, 0) is 32.1 Å². The SMILES string of the molecule is CCCCCCCC/C=C/C/C=C/C=C/C(O)CCCC(=O)O[C@@H](CO)COC(C)=O. The Kier molecular flexibility index (Phi) is 20.0. The second-order valence-corrected chi connectivity index (χ2v) is 7.63. The van der Waals surface area contributed by atoms with Gasteiger partial charge in [-0.1, -0.05) is 75.5 Å². The standard InChI is InChI=1S/C25H42O6/c1-3-4-5-6-7-8-9-10-11-12-13-14-15-17-23(28)18-16-19-25(29)31-24(20-26)21-30-22(2)27/h10-11,13-15,17,23-24,26,28H,3-9,12,16,18-21H2,1-2H3/b11-10+,14-13+,17-15+/t23?,24-/m0/s1. The van der Waals surface area contributed by atoms with E-state index in [0.717, 1.165) is 12.8 Å². The zero-order valence-corrected chi connectivity index (χ0v) is 19.3. The Bertz CT molecular complexity index is 538. The summed E-state index contributed by atoms with van der Waals surface area (Å²) >= 11 is 0. The van der Waals surface area contributed by atoms with E-state index in [9.17, 15) is 14.7 Å². The van der Waals surface area contributed by atoms with Crippen molar-refractivity contribution in [2.45, 2.75) is 96.7 Å². The molecule has 0 saturated carbocycles. The number of aliphatic hydroxyl groups excluding tert-OH is 2. The number of carbonyl (C=O) groups excluding carboxylic acids is 2. The molecule has 0 heterocycles. The number of unbranched alkanes of at least 4 members (excludes halogenated alkanes) is 6. The summed E-state index contributed by atoms with van der Waals surface area (Å²) in [6.07, 6.45) is 21.3. The van der Waals surface area contributed by atoms with Gasteiger partial charge in [0.1, 0.15) is 6.61 Å². The normalized spacial score (nSPS) is 13.8. The molecule has 0 amide bonds. The van der Waals surface area contributed by atoms with Crippen LogP contribution in [-0.2, 0) is 19.1 Å². The lowest BCUT2D eigenvalue weighted by Gasteiger charge is -2.15. The highest BCUT2D eigenvalue weighted by atomic mass is 16.6. The third-order valence-corrected chi connectivity index (χ3v) is 4.60. The van der Waals surface area contributed by atoms with E-state index in [1.807, 2.05) is 18.2 Å². The Morgan fingerprint density at radius 2 is 1.71 bits per heavy atom. The van der Waals surface area contributed by atoms with Gasteiger partial charge in [-0.25, -0.2) is 0 Å². The number of carbonyl (C=O) groups is 2. The van der Waals surface area contributed by atoms with E-state index >= 15 is 0 Å². The predicted octanol–water partition coefficient (Wildman–Crippen LogP) is 4.79. The monoisotopic (exact) mass is 438 g/mol. The summed E-state index contributed by atoms with van der Waals surface area (Å²) in [4.78, 5) is 22.5. The molecule has 6 nitrogen and oxygen atoms in total. The highest BCUT2D eigenvalue weighted by Crippen LogP contribution is 2.08. The topological polar surface area (TPSA) is 93.1 Å². The largest absolute Gasteiger partial charge is 0.462 e. The van der Waals surface area contributed by atoms with Crippen LogP contribution in [0.3, 0.4) is 0 Å². The maximum Gasteiger partial charge on any atom is 0.306 e. The fraction of sp³-hybridized carbons (Fsp3) is 0.680. The lowest BCUT2D eigenvalue weighted by Crippen LogP contribution is -2.28. The number of aliphatic hydroxyl groups is 2. The molecule has 2 atom stereocenters. The first kappa shape index (κ1) is 29.1. The lowest BCUT2D eigenvalue weighted by atomic mass is 10.1. The Morgan fingerprint density at radius 3 is 2.42 bits per heavy atom.